The first-order valence-electron chi connectivity index (χ1n) is 9.56. The summed E-state index contributed by atoms with van der Waals surface area (Å²) in [5, 5.41) is -0.427. The van der Waals surface area contributed by atoms with E-state index in [1.807, 2.05) is 13.8 Å². The molecule has 29 heavy (non-hydrogen) atoms. The summed E-state index contributed by atoms with van der Waals surface area (Å²) in [7, 11) is 0. The Morgan fingerprint density at radius 2 is 1.86 bits per heavy atom. The minimum absolute atomic E-state index is 0.187. The summed E-state index contributed by atoms with van der Waals surface area (Å²) in [6, 6.07) is 3.57. The van der Waals surface area contributed by atoms with Crippen LogP contribution < -0.4 is 9.47 Å². The lowest BCUT2D eigenvalue weighted by atomic mass is 10.2. The van der Waals surface area contributed by atoms with Crippen LogP contribution in [0.1, 0.15) is 32.3 Å². The fourth-order valence-corrected chi connectivity index (χ4v) is 4.62. The highest BCUT2D eigenvalue weighted by atomic mass is 79.9. The smallest absolute Gasteiger partial charge is 0.294 e. The molecule has 2 saturated heterocycles. The molecule has 0 spiro atoms. The van der Waals surface area contributed by atoms with Gasteiger partial charge in [0.1, 0.15) is 6.54 Å². The summed E-state index contributed by atoms with van der Waals surface area (Å²) in [5.74, 6) is 0.512. The maximum Gasteiger partial charge on any atom is 0.294 e. The van der Waals surface area contributed by atoms with Crippen molar-refractivity contribution >= 4 is 50.8 Å². The van der Waals surface area contributed by atoms with Gasteiger partial charge >= 0.3 is 0 Å². The molecular formula is C20H23BrN2O5S. The monoisotopic (exact) mass is 482 g/mol. The van der Waals surface area contributed by atoms with E-state index < -0.39 is 11.1 Å². The number of ether oxygens (including phenoxy) is 2. The van der Waals surface area contributed by atoms with Crippen molar-refractivity contribution in [2.24, 2.45) is 0 Å². The number of amides is 3. The summed E-state index contributed by atoms with van der Waals surface area (Å²) in [6.45, 7) is 5.87. The maximum atomic E-state index is 12.7. The van der Waals surface area contributed by atoms with Gasteiger partial charge in [-0.05, 0) is 78.2 Å². The van der Waals surface area contributed by atoms with E-state index in [1.54, 1.807) is 23.1 Å². The van der Waals surface area contributed by atoms with Crippen molar-refractivity contribution in [1.82, 2.24) is 9.80 Å². The van der Waals surface area contributed by atoms with E-state index in [2.05, 4.69) is 15.9 Å². The molecule has 2 aliphatic heterocycles. The first kappa shape index (κ1) is 21.7. The van der Waals surface area contributed by atoms with E-state index in [1.165, 1.54) is 0 Å². The van der Waals surface area contributed by atoms with E-state index >= 15 is 0 Å². The minimum Gasteiger partial charge on any atom is -0.490 e. The highest BCUT2D eigenvalue weighted by molar-refractivity contribution is 9.10. The van der Waals surface area contributed by atoms with Crippen LogP contribution in [0.2, 0.25) is 0 Å². The quantitative estimate of drug-likeness (QED) is 0.548. The summed E-state index contributed by atoms with van der Waals surface area (Å²) in [6.07, 6.45) is 3.55. The molecule has 1 aromatic carbocycles. The first-order valence-corrected chi connectivity index (χ1v) is 11.2. The van der Waals surface area contributed by atoms with Crippen LogP contribution in [0.4, 0.5) is 4.79 Å². The second-order valence-electron chi connectivity index (χ2n) is 6.55. The summed E-state index contributed by atoms with van der Waals surface area (Å²) >= 11 is 4.32. The van der Waals surface area contributed by atoms with Crippen LogP contribution in [0, 0.1) is 0 Å². The Morgan fingerprint density at radius 1 is 1.17 bits per heavy atom. The third kappa shape index (κ3) is 4.95. The topological polar surface area (TPSA) is 76.2 Å². The SMILES string of the molecule is CCOc1cc(/C=C2/SC(=O)N(CC(=O)N3CCCC3)C2=O)cc(Br)c1OCC. The third-order valence-electron chi connectivity index (χ3n) is 4.54. The Morgan fingerprint density at radius 3 is 2.52 bits per heavy atom. The van der Waals surface area contributed by atoms with Crippen LogP contribution in [-0.4, -0.2) is 59.7 Å². The lowest BCUT2D eigenvalue weighted by Crippen LogP contribution is -2.40. The molecule has 0 N–H and O–H groups in total. The van der Waals surface area contributed by atoms with Gasteiger partial charge < -0.3 is 14.4 Å². The Bertz CT molecular complexity index is 852. The van der Waals surface area contributed by atoms with Crippen LogP contribution >= 0.6 is 27.7 Å². The summed E-state index contributed by atoms with van der Waals surface area (Å²) < 4.78 is 12.0. The number of carbonyl (C=O) groups excluding carboxylic acids is 3. The van der Waals surface area contributed by atoms with Gasteiger partial charge in [0, 0.05) is 13.1 Å². The van der Waals surface area contributed by atoms with Gasteiger partial charge in [0.15, 0.2) is 11.5 Å². The molecule has 2 aliphatic rings. The Hall–Kier alpha value is -2.00. The van der Waals surface area contributed by atoms with E-state index in [-0.39, 0.29) is 17.4 Å². The van der Waals surface area contributed by atoms with Gasteiger partial charge in [-0.15, -0.1) is 0 Å². The number of hydrogen-bond acceptors (Lipinski definition) is 6. The van der Waals surface area contributed by atoms with Crippen molar-refractivity contribution < 1.29 is 23.9 Å². The Kier molecular flexibility index (Phi) is 7.23. The van der Waals surface area contributed by atoms with Crippen LogP contribution in [0.25, 0.3) is 6.08 Å². The van der Waals surface area contributed by atoms with Crippen molar-refractivity contribution in [1.29, 1.82) is 0 Å². The number of hydrogen-bond donors (Lipinski definition) is 0. The van der Waals surface area contributed by atoms with Gasteiger partial charge in [-0.3, -0.25) is 19.3 Å². The minimum atomic E-state index is -0.449. The van der Waals surface area contributed by atoms with Gasteiger partial charge in [0.05, 0.1) is 22.6 Å². The average molecular weight is 483 g/mol. The number of likely N-dealkylation sites (tertiary alicyclic amines) is 1. The number of nitrogens with zero attached hydrogens (tertiary/aromatic N) is 2. The Balaban J connectivity index is 1.80. The molecule has 7 nitrogen and oxygen atoms in total. The second kappa shape index (κ2) is 9.67. The number of halogens is 1. The van der Waals surface area contributed by atoms with Gasteiger partial charge in [-0.2, -0.15) is 0 Å². The highest BCUT2D eigenvalue weighted by Crippen LogP contribution is 2.39. The molecule has 0 aromatic heterocycles. The molecule has 3 amide bonds. The maximum absolute atomic E-state index is 12.7. The van der Waals surface area contributed by atoms with Gasteiger partial charge in [0.25, 0.3) is 11.1 Å². The molecule has 2 heterocycles. The van der Waals surface area contributed by atoms with E-state index in [0.29, 0.717) is 47.8 Å². The van der Waals surface area contributed by atoms with Crippen molar-refractivity contribution in [3.8, 4) is 11.5 Å². The number of benzene rings is 1. The molecule has 0 saturated carbocycles. The third-order valence-corrected chi connectivity index (χ3v) is 6.04. The van der Waals surface area contributed by atoms with Crippen molar-refractivity contribution in [2.45, 2.75) is 26.7 Å². The molecule has 0 aliphatic carbocycles. The van der Waals surface area contributed by atoms with Crippen LogP contribution in [0.15, 0.2) is 21.5 Å². The van der Waals surface area contributed by atoms with Crippen molar-refractivity contribution in [3.63, 3.8) is 0 Å². The highest BCUT2D eigenvalue weighted by Gasteiger charge is 2.37. The predicted octanol–water partition coefficient (Wildman–Crippen LogP) is 3.91. The fourth-order valence-electron chi connectivity index (χ4n) is 3.21. The van der Waals surface area contributed by atoms with Crippen molar-refractivity contribution in [3.05, 3.63) is 27.1 Å². The number of carbonyl (C=O) groups is 3. The normalized spacial score (nSPS) is 18.1. The molecule has 1 aromatic rings. The molecule has 156 valence electrons. The fraction of sp³-hybridized carbons (Fsp3) is 0.450. The molecule has 0 unspecified atom stereocenters. The van der Waals surface area contributed by atoms with Gasteiger partial charge in [-0.1, -0.05) is 0 Å². The average Bonchev–Trinajstić information content (AvgIpc) is 3.30. The van der Waals surface area contributed by atoms with Gasteiger partial charge in [-0.25, -0.2) is 0 Å². The molecule has 3 rings (SSSR count). The van der Waals surface area contributed by atoms with Crippen LogP contribution in [-0.2, 0) is 9.59 Å². The molecule has 0 atom stereocenters. The standard InChI is InChI=1S/C20H23BrN2O5S/c1-3-27-15-10-13(9-14(21)18(15)28-4-2)11-16-19(25)23(20(26)29-16)12-17(24)22-7-5-6-8-22/h9-11H,3-8,12H2,1-2H3/b16-11+. The zero-order valence-electron chi connectivity index (χ0n) is 16.4. The second-order valence-corrected chi connectivity index (χ2v) is 8.40. The Labute approximate surface area is 182 Å². The van der Waals surface area contributed by atoms with Gasteiger partial charge in [0.2, 0.25) is 5.91 Å². The lowest BCUT2D eigenvalue weighted by Gasteiger charge is -2.18. The first-order chi connectivity index (χ1) is 13.9. The summed E-state index contributed by atoms with van der Waals surface area (Å²) in [5.41, 5.74) is 0.695. The van der Waals surface area contributed by atoms with E-state index in [0.717, 1.165) is 29.5 Å². The molecule has 9 heteroatoms. The molecule has 0 bridgehead atoms. The van der Waals surface area contributed by atoms with Crippen LogP contribution in [0.3, 0.4) is 0 Å². The largest absolute Gasteiger partial charge is 0.490 e. The molecular weight excluding hydrogens is 460 g/mol. The molecule has 2 fully saturated rings. The predicted molar refractivity (Wildman–Crippen MR) is 115 cm³/mol. The number of imide groups is 1. The molecule has 0 radical (unpaired) electrons. The van der Waals surface area contributed by atoms with Crippen LogP contribution in [0.5, 0.6) is 11.5 Å². The number of thioether (sulfide) groups is 1. The van der Waals surface area contributed by atoms with Crippen molar-refractivity contribution in [2.75, 3.05) is 32.8 Å². The lowest BCUT2D eigenvalue weighted by molar-refractivity contribution is -0.135. The zero-order chi connectivity index (χ0) is 21.0. The number of rotatable bonds is 7. The summed E-state index contributed by atoms with van der Waals surface area (Å²) in [4.78, 5) is 40.4. The van der Waals surface area contributed by atoms with E-state index in [4.69, 9.17) is 9.47 Å². The van der Waals surface area contributed by atoms with E-state index in [9.17, 15) is 14.4 Å². The zero-order valence-corrected chi connectivity index (χ0v) is 18.8.